The molecule has 3 aromatic carbocycles. The Morgan fingerprint density at radius 2 is 1.84 bits per heavy atom. The molecule has 1 heterocycles. The number of benzene rings is 3. The smallest absolute Gasteiger partial charge is 0.267 e. The second-order valence-electron chi connectivity index (χ2n) is 7.42. The Morgan fingerprint density at radius 1 is 1.03 bits per heavy atom. The number of ether oxygens (including phenoxy) is 1. The van der Waals surface area contributed by atoms with Crippen molar-refractivity contribution >= 4 is 22.6 Å². The maximum absolute atomic E-state index is 13.4. The van der Waals surface area contributed by atoms with E-state index >= 15 is 0 Å². The molecule has 1 aromatic heterocycles. The van der Waals surface area contributed by atoms with Gasteiger partial charge < -0.3 is 4.74 Å². The minimum Gasteiger partial charge on any atom is -0.497 e. The van der Waals surface area contributed by atoms with Gasteiger partial charge in [0.1, 0.15) is 5.75 Å². The maximum atomic E-state index is 13.4. The molecule has 4 aromatic rings. The van der Waals surface area contributed by atoms with E-state index in [2.05, 4.69) is 10.5 Å². The molecule has 0 atom stereocenters. The summed E-state index contributed by atoms with van der Waals surface area (Å²) in [5.74, 6) is 1.11. The first-order chi connectivity index (χ1) is 15.0. The van der Waals surface area contributed by atoms with Gasteiger partial charge in [-0.1, -0.05) is 42.0 Å². The van der Waals surface area contributed by atoms with Gasteiger partial charge in [-0.3, -0.25) is 4.79 Å². The Balaban J connectivity index is 1.85. The van der Waals surface area contributed by atoms with E-state index in [0.29, 0.717) is 16.9 Å². The Kier molecular flexibility index (Phi) is 5.54. The Morgan fingerprint density at radius 3 is 2.61 bits per heavy atom. The molecule has 0 aliphatic heterocycles. The van der Waals surface area contributed by atoms with Crippen molar-refractivity contribution in [2.45, 2.75) is 20.8 Å². The van der Waals surface area contributed by atoms with Crippen LogP contribution in [0, 0.1) is 13.8 Å². The predicted molar refractivity (Wildman–Crippen MR) is 126 cm³/mol. The number of anilines is 1. The number of methoxy groups -OCH3 is 1. The average Bonchev–Trinajstić information content (AvgIpc) is 2.78. The fraction of sp³-hybridized carbons (Fsp3) is 0.160. The van der Waals surface area contributed by atoms with Crippen molar-refractivity contribution < 1.29 is 4.74 Å². The number of hydrogen-bond acceptors (Lipinski definition) is 5. The zero-order chi connectivity index (χ0) is 22.0. The maximum Gasteiger partial charge on any atom is 0.267 e. The number of para-hydroxylation sites is 1. The third-order valence-electron chi connectivity index (χ3n) is 5.18. The summed E-state index contributed by atoms with van der Waals surface area (Å²) >= 11 is 0. The highest BCUT2D eigenvalue weighted by Crippen LogP contribution is 2.20. The molecule has 0 saturated heterocycles. The molecule has 1 N–H and O–H groups in total. The molecule has 6 heteroatoms. The summed E-state index contributed by atoms with van der Waals surface area (Å²) in [6.45, 7) is 5.90. The van der Waals surface area contributed by atoms with Gasteiger partial charge in [0.2, 0.25) is 5.95 Å². The Hall–Kier alpha value is -3.93. The molecule has 0 fully saturated rings. The van der Waals surface area contributed by atoms with Crippen molar-refractivity contribution in [2.24, 2.45) is 5.10 Å². The standard InChI is InChI=1S/C25H24N4O2/c1-16-12-13-23(17(2)14-16)29-24(30)21-10-5-6-11-22(21)26-25(29)28-27-18(3)19-8-7-9-20(15-19)31-4/h5-15H,1-4H3,(H,26,28)/b27-18-. The monoisotopic (exact) mass is 412 g/mol. The van der Waals surface area contributed by atoms with Crippen molar-refractivity contribution in [3.8, 4) is 11.4 Å². The number of hydrogen-bond donors (Lipinski definition) is 1. The molecule has 6 nitrogen and oxygen atoms in total. The van der Waals surface area contributed by atoms with Gasteiger partial charge in [-0.15, -0.1) is 0 Å². The lowest BCUT2D eigenvalue weighted by Gasteiger charge is -2.15. The SMILES string of the molecule is COc1cccc(/C(C)=N\Nc2nc3ccccc3c(=O)n2-c2ccc(C)cc2C)c1. The molecule has 0 bridgehead atoms. The van der Waals surface area contributed by atoms with Crippen LogP contribution in [0.2, 0.25) is 0 Å². The molecule has 4 rings (SSSR count). The van der Waals surface area contributed by atoms with Crippen LogP contribution < -0.4 is 15.7 Å². The van der Waals surface area contributed by atoms with Crippen LogP contribution in [0.3, 0.4) is 0 Å². The topological polar surface area (TPSA) is 68.5 Å². The highest BCUT2D eigenvalue weighted by molar-refractivity contribution is 5.99. The second kappa shape index (κ2) is 8.44. The van der Waals surface area contributed by atoms with Crippen LogP contribution in [0.4, 0.5) is 5.95 Å². The highest BCUT2D eigenvalue weighted by atomic mass is 16.5. The van der Waals surface area contributed by atoms with Gasteiger partial charge in [0.05, 0.1) is 29.4 Å². The summed E-state index contributed by atoms with van der Waals surface area (Å²) in [6.07, 6.45) is 0. The minimum absolute atomic E-state index is 0.144. The molecule has 0 amide bonds. The fourth-order valence-electron chi connectivity index (χ4n) is 3.53. The van der Waals surface area contributed by atoms with E-state index in [1.807, 2.05) is 81.4 Å². The summed E-state index contributed by atoms with van der Waals surface area (Å²) in [7, 11) is 1.63. The minimum atomic E-state index is -0.144. The van der Waals surface area contributed by atoms with Gasteiger partial charge in [0.25, 0.3) is 5.56 Å². The lowest BCUT2D eigenvalue weighted by molar-refractivity contribution is 0.414. The van der Waals surface area contributed by atoms with E-state index in [-0.39, 0.29) is 5.56 Å². The van der Waals surface area contributed by atoms with E-state index in [1.54, 1.807) is 17.7 Å². The zero-order valence-corrected chi connectivity index (χ0v) is 18.0. The fourth-order valence-corrected chi connectivity index (χ4v) is 3.53. The molecule has 0 aliphatic carbocycles. The quantitative estimate of drug-likeness (QED) is 0.376. The van der Waals surface area contributed by atoms with E-state index < -0.39 is 0 Å². The average molecular weight is 412 g/mol. The lowest BCUT2D eigenvalue weighted by atomic mass is 10.1. The number of rotatable bonds is 5. The first-order valence-corrected chi connectivity index (χ1v) is 10.0. The molecular formula is C25H24N4O2. The third-order valence-corrected chi connectivity index (χ3v) is 5.18. The van der Waals surface area contributed by atoms with Crippen molar-refractivity contribution in [3.05, 3.63) is 93.8 Å². The molecule has 0 saturated carbocycles. The molecular weight excluding hydrogens is 388 g/mol. The number of nitrogens with one attached hydrogen (secondary N) is 1. The largest absolute Gasteiger partial charge is 0.497 e. The molecule has 0 radical (unpaired) electrons. The third kappa shape index (κ3) is 4.05. The highest BCUT2D eigenvalue weighted by Gasteiger charge is 2.14. The normalized spacial score (nSPS) is 11.5. The van der Waals surface area contributed by atoms with Crippen LogP contribution in [0.5, 0.6) is 5.75 Å². The first kappa shape index (κ1) is 20.3. The van der Waals surface area contributed by atoms with Crippen LogP contribution in [-0.4, -0.2) is 22.4 Å². The summed E-state index contributed by atoms with van der Waals surface area (Å²) in [4.78, 5) is 18.1. The molecule has 0 aliphatic rings. The van der Waals surface area contributed by atoms with Crippen LogP contribution >= 0.6 is 0 Å². The van der Waals surface area contributed by atoms with Crippen LogP contribution in [0.25, 0.3) is 16.6 Å². The van der Waals surface area contributed by atoms with Gasteiger partial charge in [0, 0.05) is 5.56 Å². The molecule has 0 unspecified atom stereocenters. The van der Waals surface area contributed by atoms with Crippen LogP contribution in [0.15, 0.2) is 76.6 Å². The Labute approximate surface area is 180 Å². The van der Waals surface area contributed by atoms with Crippen molar-refractivity contribution in [1.82, 2.24) is 9.55 Å². The van der Waals surface area contributed by atoms with Crippen LogP contribution in [0.1, 0.15) is 23.6 Å². The number of aryl methyl sites for hydroxylation is 2. The summed E-state index contributed by atoms with van der Waals surface area (Å²) in [5.41, 5.74) is 8.03. The van der Waals surface area contributed by atoms with Crippen molar-refractivity contribution in [3.63, 3.8) is 0 Å². The summed E-state index contributed by atoms with van der Waals surface area (Å²) < 4.78 is 6.88. The van der Waals surface area contributed by atoms with E-state index in [0.717, 1.165) is 33.8 Å². The summed E-state index contributed by atoms with van der Waals surface area (Å²) in [5, 5.41) is 5.07. The van der Waals surface area contributed by atoms with Gasteiger partial charge in [-0.25, -0.2) is 15.0 Å². The van der Waals surface area contributed by atoms with Crippen molar-refractivity contribution in [1.29, 1.82) is 0 Å². The van der Waals surface area contributed by atoms with Gasteiger partial charge in [-0.2, -0.15) is 5.10 Å². The molecule has 31 heavy (non-hydrogen) atoms. The Bertz CT molecular complexity index is 1360. The zero-order valence-electron chi connectivity index (χ0n) is 18.0. The van der Waals surface area contributed by atoms with E-state index in [9.17, 15) is 4.79 Å². The van der Waals surface area contributed by atoms with Gasteiger partial charge >= 0.3 is 0 Å². The number of aromatic nitrogens is 2. The van der Waals surface area contributed by atoms with Crippen molar-refractivity contribution in [2.75, 3.05) is 12.5 Å². The number of hydrazone groups is 1. The predicted octanol–water partition coefficient (Wildman–Crippen LogP) is 4.85. The molecule has 0 spiro atoms. The van der Waals surface area contributed by atoms with Gasteiger partial charge in [-0.05, 0) is 56.7 Å². The number of nitrogens with zero attached hydrogens (tertiary/aromatic N) is 3. The van der Waals surface area contributed by atoms with Crippen LogP contribution in [-0.2, 0) is 0 Å². The number of fused-ring (bicyclic) bond motifs is 1. The lowest BCUT2D eigenvalue weighted by Crippen LogP contribution is -2.23. The van der Waals surface area contributed by atoms with E-state index in [1.165, 1.54) is 0 Å². The van der Waals surface area contributed by atoms with E-state index in [4.69, 9.17) is 9.72 Å². The second-order valence-corrected chi connectivity index (χ2v) is 7.42. The first-order valence-electron chi connectivity index (χ1n) is 10.0. The summed E-state index contributed by atoms with van der Waals surface area (Å²) in [6, 6.07) is 20.9. The van der Waals surface area contributed by atoms with Gasteiger partial charge in [0.15, 0.2) is 0 Å². The molecule has 156 valence electrons.